The van der Waals surface area contributed by atoms with Crippen molar-refractivity contribution in [3.05, 3.63) is 24.5 Å². The Morgan fingerprint density at radius 3 is 3.21 bits per heavy atom. The second-order valence-electron chi connectivity index (χ2n) is 3.24. The first kappa shape index (κ1) is 7.49. The number of hydrogen-bond acceptors (Lipinski definition) is 4. The van der Waals surface area contributed by atoms with Gasteiger partial charge in [-0.05, 0) is 6.92 Å². The van der Waals surface area contributed by atoms with Gasteiger partial charge in [0.25, 0.3) is 0 Å². The molecule has 0 aliphatic carbocycles. The summed E-state index contributed by atoms with van der Waals surface area (Å²) < 4.78 is 2.10. The van der Waals surface area contributed by atoms with Crippen LogP contribution in [0, 0.1) is 6.92 Å². The van der Waals surface area contributed by atoms with Gasteiger partial charge in [-0.2, -0.15) is 0 Å². The molecule has 0 aromatic carbocycles. The van der Waals surface area contributed by atoms with Crippen LogP contribution in [0.5, 0.6) is 0 Å². The maximum atomic E-state index is 4.26. The normalized spacial score (nSPS) is 12.9. The Morgan fingerprint density at radius 2 is 2.29 bits per heavy atom. The van der Waals surface area contributed by atoms with Crippen LogP contribution in [0.25, 0.3) is 11.3 Å². The van der Waals surface area contributed by atoms with E-state index >= 15 is 0 Å². The van der Waals surface area contributed by atoms with Crippen molar-refractivity contribution in [3.63, 3.8) is 0 Å². The third-order valence-electron chi connectivity index (χ3n) is 2.45. The Bertz CT molecular complexity index is 488. The van der Waals surface area contributed by atoms with E-state index in [0.29, 0.717) is 0 Å². The number of aromatic nitrogens is 4. The van der Waals surface area contributed by atoms with E-state index in [4.69, 9.17) is 0 Å². The lowest BCUT2D eigenvalue weighted by molar-refractivity contribution is 0.731. The average Bonchev–Trinajstić information content (AvgIpc) is 2.61. The molecule has 0 bridgehead atoms. The minimum atomic E-state index is 0.727. The smallest absolute Gasteiger partial charge is 0.140 e. The first-order valence-corrected chi connectivity index (χ1v) is 4.42. The fraction of sp³-hybridized carbons (Fsp3) is 0.222. The lowest BCUT2D eigenvalue weighted by atomic mass is 10.2. The van der Waals surface area contributed by atoms with Crippen LogP contribution in [0.15, 0.2) is 18.7 Å². The van der Waals surface area contributed by atoms with E-state index in [9.17, 15) is 0 Å². The molecule has 0 fully saturated rings. The summed E-state index contributed by atoms with van der Waals surface area (Å²) in [6.07, 6.45) is 5.21. The summed E-state index contributed by atoms with van der Waals surface area (Å²) in [5, 5.41) is 3.22. The van der Waals surface area contributed by atoms with Crippen LogP contribution in [0.3, 0.4) is 0 Å². The van der Waals surface area contributed by atoms with Crippen molar-refractivity contribution in [3.8, 4) is 11.3 Å². The van der Waals surface area contributed by atoms with Crippen molar-refractivity contribution < 1.29 is 0 Å². The fourth-order valence-electron chi connectivity index (χ4n) is 1.69. The van der Waals surface area contributed by atoms with Crippen LogP contribution < -0.4 is 5.32 Å². The minimum absolute atomic E-state index is 0.727. The zero-order chi connectivity index (χ0) is 9.54. The molecule has 0 spiro atoms. The molecule has 1 aliphatic heterocycles. The summed E-state index contributed by atoms with van der Waals surface area (Å²) in [6, 6.07) is 0. The maximum Gasteiger partial charge on any atom is 0.140 e. The minimum Gasteiger partial charge on any atom is -0.352 e. The van der Waals surface area contributed by atoms with Crippen LogP contribution in [-0.2, 0) is 6.67 Å². The molecule has 5 heteroatoms. The van der Waals surface area contributed by atoms with E-state index < -0.39 is 0 Å². The van der Waals surface area contributed by atoms with Gasteiger partial charge >= 0.3 is 0 Å². The molecule has 1 N–H and O–H groups in total. The Balaban J connectivity index is 2.29. The number of aryl methyl sites for hydroxylation is 1. The molecule has 14 heavy (non-hydrogen) atoms. The molecule has 0 amide bonds. The summed E-state index contributed by atoms with van der Waals surface area (Å²) in [4.78, 5) is 12.4. The van der Waals surface area contributed by atoms with Gasteiger partial charge in [-0.1, -0.05) is 0 Å². The molecule has 2 aromatic rings. The average molecular weight is 187 g/mol. The highest BCUT2D eigenvalue weighted by atomic mass is 15.2. The highest BCUT2D eigenvalue weighted by Crippen LogP contribution is 2.29. The van der Waals surface area contributed by atoms with Crippen molar-refractivity contribution in [1.29, 1.82) is 0 Å². The van der Waals surface area contributed by atoms with Crippen molar-refractivity contribution in [2.75, 3.05) is 5.32 Å². The second-order valence-corrected chi connectivity index (χ2v) is 3.24. The highest BCUT2D eigenvalue weighted by Gasteiger charge is 2.17. The fourth-order valence-corrected chi connectivity index (χ4v) is 1.69. The van der Waals surface area contributed by atoms with Crippen LogP contribution in [0.2, 0.25) is 0 Å². The van der Waals surface area contributed by atoms with Crippen molar-refractivity contribution >= 4 is 5.82 Å². The lowest BCUT2D eigenvalue weighted by Gasteiger charge is -2.19. The number of fused-ring (bicyclic) bond motifs is 3. The van der Waals surface area contributed by atoms with Gasteiger partial charge in [0.15, 0.2) is 0 Å². The van der Waals surface area contributed by atoms with Gasteiger partial charge in [0.05, 0.1) is 24.1 Å². The zero-order valence-electron chi connectivity index (χ0n) is 7.73. The number of nitrogens with one attached hydrogen (secondary N) is 1. The summed E-state index contributed by atoms with van der Waals surface area (Å²) in [5.41, 5.74) is 2.09. The molecule has 3 heterocycles. The van der Waals surface area contributed by atoms with Gasteiger partial charge in [0.1, 0.15) is 18.0 Å². The van der Waals surface area contributed by atoms with E-state index in [2.05, 4.69) is 24.8 Å². The molecule has 5 nitrogen and oxygen atoms in total. The van der Waals surface area contributed by atoms with Crippen molar-refractivity contribution in [1.82, 2.24) is 19.5 Å². The molecule has 0 saturated carbocycles. The molecular formula is C9H9N5. The number of imidazole rings is 1. The molecular weight excluding hydrogens is 178 g/mol. The molecule has 70 valence electrons. The van der Waals surface area contributed by atoms with Crippen LogP contribution in [0.4, 0.5) is 5.82 Å². The molecule has 0 saturated heterocycles. The van der Waals surface area contributed by atoms with Crippen molar-refractivity contribution in [2.45, 2.75) is 13.6 Å². The number of anilines is 1. The topological polar surface area (TPSA) is 55.6 Å². The van der Waals surface area contributed by atoms with Gasteiger partial charge < -0.3 is 9.88 Å². The summed E-state index contributed by atoms with van der Waals surface area (Å²) in [7, 11) is 0. The summed E-state index contributed by atoms with van der Waals surface area (Å²) in [6.45, 7) is 2.71. The van der Waals surface area contributed by atoms with Gasteiger partial charge in [0, 0.05) is 6.20 Å². The second kappa shape index (κ2) is 2.54. The first-order chi connectivity index (χ1) is 6.86. The molecule has 0 radical (unpaired) electrons. The molecule has 0 unspecified atom stereocenters. The Labute approximate surface area is 80.8 Å². The van der Waals surface area contributed by atoms with E-state index in [1.807, 2.05) is 13.1 Å². The predicted molar refractivity (Wildman–Crippen MR) is 51.6 cm³/mol. The number of rotatable bonds is 0. The first-order valence-electron chi connectivity index (χ1n) is 4.42. The Hall–Kier alpha value is -1.91. The third-order valence-corrected chi connectivity index (χ3v) is 2.45. The molecule has 1 aliphatic rings. The zero-order valence-corrected chi connectivity index (χ0v) is 7.73. The number of nitrogens with zero attached hydrogens (tertiary/aromatic N) is 4. The standard InChI is InChI=1S/C9H9N5/c1-6-11-3-8-7-2-10-4-12-9(7)13-5-14(6)8/h2-4H,5H2,1H3,(H,10,12,13). The summed E-state index contributed by atoms with van der Waals surface area (Å²) >= 11 is 0. The predicted octanol–water partition coefficient (Wildman–Crippen LogP) is 1.03. The number of hydrogen-bond donors (Lipinski definition) is 1. The van der Waals surface area contributed by atoms with Gasteiger partial charge in [0.2, 0.25) is 0 Å². The van der Waals surface area contributed by atoms with E-state index in [1.165, 1.54) is 0 Å². The third kappa shape index (κ3) is 0.863. The Kier molecular flexibility index (Phi) is 1.36. The van der Waals surface area contributed by atoms with E-state index in [1.54, 1.807) is 12.5 Å². The summed E-state index contributed by atoms with van der Waals surface area (Å²) in [5.74, 6) is 1.88. The van der Waals surface area contributed by atoms with Crippen molar-refractivity contribution in [2.24, 2.45) is 0 Å². The lowest BCUT2D eigenvalue weighted by Crippen LogP contribution is -2.17. The SMILES string of the molecule is Cc1ncc2n1CNc1ncncc1-2. The van der Waals surface area contributed by atoms with E-state index in [-0.39, 0.29) is 0 Å². The van der Waals surface area contributed by atoms with Crippen LogP contribution >= 0.6 is 0 Å². The van der Waals surface area contributed by atoms with Gasteiger partial charge in [-0.15, -0.1) is 0 Å². The van der Waals surface area contributed by atoms with E-state index in [0.717, 1.165) is 29.6 Å². The largest absolute Gasteiger partial charge is 0.352 e. The maximum absolute atomic E-state index is 4.26. The van der Waals surface area contributed by atoms with Crippen LogP contribution in [0.1, 0.15) is 5.82 Å². The quantitative estimate of drug-likeness (QED) is 0.669. The molecule has 3 rings (SSSR count). The van der Waals surface area contributed by atoms with Gasteiger partial charge in [-0.3, -0.25) is 0 Å². The molecule has 0 atom stereocenters. The van der Waals surface area contributed by atoms with Gasteiger partial charge in [-0.25, -0.2) is 15.0 Å². The highest BCUT2D eigenvalue weighted by molar-refractivity contribution is 5.73. The van der Waals surface area contributed by atoms with Crippen LogP contribution in [-0.4, -0.2) is 19.5 Å². The monoisotopic (exact) mass is 187 g/mol. The molecule has 2 aromatic heterocycles. The Morgan fingerprint density at radius 1 is 1.36 bits per heavy atom.